The molecule has 0 radical (unpaired) electrons. The standard InChI is InChI=1S/C14H24O5/c1-8-4-11(8)12(15)5-10-6-13(18-7-17-3)9(2)14(16)19-10/h8-13,15H,4-7H2,1-3H3/t8-,9-,10-,11-,12-,13+/m1/s1. The monoisotopic (exact) mass is 272 g/mol. The van der Waals surface area contributed by atoms with E-state index in [1.54, 1.807) is 14.0 Å². The van der Waals surface area contributed by atoms with Crippen molar-refractivity contribution in [2.45, 2.75) is 51.4 Å². The summed E-state index contributed by atoms with van der Waals surface area (Å²) < 4.78 is 15.8. The second-order valence-electron chi connectivity index (χ2n) is 5.87. The topological polar surface area (TPSA) is 65.0 Å². The Morgan fingerprint density at radius 3 is 2.68 bits per heavy atom. The molecule has 1 aliphatic heterocycles. The summed E-state index contributed by atoms with van der Waals surface area (Å²) in [4.78, 5) is 11.8. The smallest absolute Gasteiger partial charge is 0.311 e. The summed E-state index contributed by atoms with van der Waals surface area (Å²) in [6, 6.07) is 0. The van der Waals surface area contributed by atoms with Crippen LogP contribution in [0.3, 0.4) is 0 Å². The summed E-state index contributed by atoms with van der Waals surface area (Å²) in [5.41, 5.74) is 0. The highest BCUT2D eigenvalue weighted by molar-refractivity contribution is 5.73. The molecule has 2 aliphatic rings. The molecule has 1 aliphatic carbocycles. The molecule has 0 aromatic rings. The van der Waals surface area contributed by atoms with E-state index >= 15 is 0 Å². The minimum Gasteiger partial charge on any atom is -0.462 e. The minimum absolute atomic E-state index is 0.178. The molecule has 1 heterocycles. The highest BCUT2D eigenvalue weighted by atomic mass is 16.7. The Balaban J connectivity index is 1.85. The highest BCUT2D eigenvalue weighted by Gasteiger charge is 2.42. The predicted octanol–water partition coefficient (Wildman–Crippen LogP) is 1.33. The lowest BCUT2D eigenvalue weighted by Gasteiger charge is -2.34. The zero-order valence-corrected chi connectivity index (χ0v) is 11.9. The summed E-state index contributed by atoms with van der Waals surface area (Å²) in [6.07, 6.45) is 1.42. The maximum Gasteiger partial charge on any atom is 0.311 e. The Morgan fingerprint density at radius 2 is 2.11 bits per heavy atom. The molecule has 1 saturated heterocycles. The number of carbonyl (C=O) groups is 1. The van der Waals surface area contributed by atoms with E-state index in [-0.39, 0.29) is 37.0 Å². The number of aliphatic hydroxyl groups excluding tert-OH is 1. The molecule has 110 valence electrons. The maximum atomic E-state index is 11.8. The third-order valence-electron chi connectivity index (χ3n) is 4.28. The number of cyclic esters (lactones) is 1. The fourth-order valence-electron chi connectivity index (χ4n) is 2.78. The van der Waals surface area contributed by atoms with Gasteiger partial charge in [-0.05, 0) is 25.2 Å². The van der Waals surface area contributed by atoms with Crippen molar-refractivity contribution in [2.24, 2.45) is 17.8 Å². The van der Waals surface area contributed by atoms with Crippen LogP contribution in [0.25, 0.3) is 0 Å². The van der Waals surface area contributed by atoms with Crippen LogP contribution < -0.4 is 0 Å². The molecule has 0 spiro atoms. The first kappa shape index (κ1) is 14.8. The Hall–Kier alpha value is -0.650. The van der Waals surface area contributed by atoms with E-state index in [1.807, 2.05) is 0 Å². The van der Waals surface area contributed by atoms with Gasteiger partial charge in [-0.15, -0.1) is 0 Å². The number of hydrogen-bond donors (Lipinski definition) is 1. The van der Waals surface area contributed by atoms with Crippen LogP contribution in [0.1, 0.15) is 33.1 Å². The normalized spacial score (nSPS) is 39.8. The first-order chi connectivity index (χ1) is 9.02. The van der Waals surface area contributed by atoms with Crippen molar-refractivity contribution < 1.29 is 24.1 Å². The molecule has 1 saturated carbocycles. The molecule has 0 aromatic carbocycles. The maximum absolute atomic E-state index is 11.8. The lowest BCUT2D eigenvalue weighted by atomic mass is 9.92. The van der Waals surface area contributed by atoms with E-state index in [9.17, 15) is 9.90 Å². The second kappa shape index (κ2) is 6.20. The molecular formula is C14H24O5. The van der Waals surface area contributed by atoms with Crippen molar-refractivity contribution in [2.75, 3.05) is 13.9 Å². The van der Waals surface area contributed by atoms with Gasteiger partial charge in [0.25, 0.3) is 0 Å². The van der Waals surface area contributed by atoms with Gasteiger partial charge in [0, 0.05) is 20.0 Å². The average molecular weight is 272 g/mol. The molecule has 0 unspecified atom stereocenters. The van der Waals surface area contributed by atoms with Gasteiger partial charge in [-0.25, -0.2) is 0 Å². The third kappa shape index (κ3) is 3.68. The lowest BCUT2D eigenvalue weighted by molar-refractivity contribution is -0.183. The number of rotatable bonds is 6. The Bertz CT molecular complexity index is 319. The number of methoxy groups -OCH3 is 1. The summed E-state index contributed by atoms with van der Waals surface area (Å²) in [5.74, 6) is 0.446. The Kier molecular flexibility index (Phi) is 4.81. The SMILES string of the molecule is COCO[C@H]1C[C@@H](C[C@@H](O)[C@@H]2C[C@H]2C)OC(=O)[C@@H]1C. The second-order valence-corrected chi connectivity index (χ2v) is 5.87. The lowest BCUT2D eigenvalue weighted by Crippen LogP contribution is -2.43. The van der Waals surface area contributed by atoms with Crippen molar-refractivity contribution in [1.29, 1.82) is 0 Å². The largest absolute Gasteiger partial charge is 0.462 e. The van der Waals surface area contributed by atoms with Gasteiger partial charge < -0.3 is 19.3 Å². The summed E-state index contributed by atoms with van der Waals surface area (Å²) in [5, 5.41) is 10.1. The number of esters is 1. The van der Waals surface area contributed by atoms with E-state index < -0.39 is 0 Å². The van der Waals surface area contributed by atoms with Gasteiger partial charge in [0.05, 0.1) is 18.1 Å². The molecule has 5 heteroatoms. The van der Waals surface area contributed by atoms with E-state index in [0.29, 0.717) is 24.7 Å². The number of hydrogen-bond acceptors (Lipinski definition) is 5. The van der Waals surface area contributed by atoms with E-state index in [1.165, 1.54) is 0 Å². The molecule has 19 heavy (non-hydrogen) atoms. The minimum atomic E-state index is -0.371. The van der Waals surface area contributed by atoms with E-state index in [2.05, 4.69) is 6.92 Å². The van der Waals surface area contributed by atoms with Crippen molar-refractivity contribution in [3.05, 3.63) is 0 Å². The van der Waals surface area contributed by atoms with E-state index in [0.717, 1.165) is 6.42 Å². The van der Waals surface area contributed by atoms with Crippen LogP contribution in [0, 0.1) is 17.8 Å². The summed E-state index contributed by atoms with van der Waals surface area (Å²) >= 11 is 0. The van der Waals surface area contributed by atoms with Crippen molar-refractivity contribution in [1.82, 2.24) is 0 Å². The fourth-order valence-corrected chi connectivity index (χ4v) is 2.78. The van der Waals surface area contributed by atoms with Crippen LogP contribution in [0.15, 0.2) is 0 Å². The zero-order chi connectivity index (χ0) is 14.0. The molecule has 0 aromatic heterocycles. The van der Waals surface area contributed by atoms with Gasteiger partial charge in [-0.1, -0.05) is 6.92 Å². The predicted molar refractivity (Wildman–Crippen MR) is 68.3 cm³/mol. The van der Waals surface area contributed by atoms with Crippen molar-refractivity contribution in [3.8, 4) is 0 Å². The van der Waals surface area contributed by atoms with E-state index in [4.69, 9.17) is 14.2 Å². The zero-order valence-electron chi connectivity index (χ0n) is 11.9. The van der Waals surface area contributed by atoms with Crippen LogP contribution in [0.5, 0.6) is 0 Å². The average Bonchev–Trinajstić information content (AvgIpc) is 3.09. The third-order valence-corrected chi connectivity index (χ3v) is 4.28. The molecule has 6 atom stereocenters. The fraction of sp³-hybridized carbons (Fsp3) is 0.929. The quantitative estimate of drug-likeness (QED) is 0.584. The van der Waals surface area contributed by atoms with Crippen molar-refractivity contribution in [3.63, 3.8) is 0 Å². The Labute approximate surface area is 114 Å². The first-order valence-corrected chi connectivity index (χ1v) is 7.02. The summed E-state index contributed by atoms with van der Waals surface area (Å²) in [7, 11) is 1.56. The van der Waals surface area contributed by atoms with Gasteiger partial charge in [0.15, 0.2) is 0 Å². The van der Waals surface area contributed by atoms with Crippen molar-refractivity contribution >= 4 is 5.97 Å². The molecular weight excluding hydrogens is 248 g/mol. The van der Waals surface area contributed by atoms with Crippen LogP contribution in [-0.2, 0) is 19.0 Å². The molecule has 2 rings (SSSR count). The highest BCUT2D eigenvalue weighted by Crippen LogP contribution is 2.42. The van der Waals surface area contributed by atoms with Crippen LogP contribution in [0.2, 0.25) is 0 Å². The van der Waals surface area contributed by atoms with Gasteiger partial charge in [0.2, 0.25) is 0 Å². The van der Waals surface area contributed by atoms with Gasteiger partial charge in [-0.2, -0.15) is 0 Å². The molecule has 1 N–H and O–H groups in total. The molecule has 0 amide bonds. The molecule has 0 bridgehead atoms. The first-order valence-electron chi connectivity index (χ1n) is 7.02. The molecule has 2 fully saturated rings. The number of carbonyl (C=O) groups excluding carboxylic acids is 1. The number of aliphatic hydroxyl groups is 1. The Morgan fingerprint density at radius 1 is 1.42 bits per heavy atom. The van der Waals surface area contributed by atoms with Crippen LogP contribution in [-0.4, -0.2) is 43.3 Å². The molecule has 5 nitrogen and oxygen atoms in total. The van der Waals surface area contributed by atoms with Gasteiger partial charge >= 0.3 is 5.97 Å². The van der Waals surface area contributed by atoms with Gasteiger partial charge in [0.1, 0.15) is 12.9 Å². The summed E-state index contributed by atoms with van der Waals surface area (Å²) in [6.45, 7) is 4.11. The van der Waals surface area contributed by atoms with Crippen LogP contribution >= 0.6 is 0 Å². The number of ether oxygens (including phenoxy) is 3. The van der Waals surface area contributed by atoms with Crippen LogP contribution in [0.4, 0.5) is 0 Å². The van der Waals surface area contributed by atoms with Gasteiger partial charge in [-0.3, -0.25) is 4.79 Å².